The Morgan fingerprint density at radius 2 is 2.24 bits per heavy atom. The molecule has 2 rings (SSSR count). The molecule has 4 nitrogen and oxygen atoms in total. The summed E-state index contributed by atoms with van der Waals surface area (Å²) in [6.07, 6.45) is 2.55. The van der Waals surface area contributed by atoms with Crippen LogP contribution < -0.4 is 10.1 Å². The lowest BCUT2D eigenvalue weighted by atomic mass is 9.97. The molecule has 1 aliphatic rings. The number of nitrogens with zero attached hydrogens (tertiary/aromatic N) is 1. The normalized spacial score (nSPS) is 21.2. The molecule has 2 unspecified atom stereocenters. The Balaban J connectivity index is 1.97. The van der Waals surface area contributed by atoms with E-state index in [-0.39, 0.29) is 0 Å². The maximum absolute atomic E-state index is 5.33. The molecule has 1 aromatic carbocycles. The van der Waals surface area contributed by atoms with Crippen molar-refractivity contribution in [3.8, 4) is 5.75 Å². The van der Waals surface area contributed by atoms with E-state index in [0.29, 0.717) is 12.0 Å². The molecule has 1 aliphatic heterocycles. The molecule has 0 bridgehead atoms. The van der Waals surface area contributed by atoms with Crippen LogP contribution in [0.3, 0.4) is 0 Å². The lowest BCUT2D eigenvalue weighted by Gasteiger charge is -2.34. The lowest BCUT2D eigenvalue weighted by Crippen LogP contribution is -2.41. The van der Waals surface area contributed by atoms with Gasteiger partial charge in [-0.15, -0.1) is 0 Å². The maximum atomic E-state index is 5.33. The number of methoxy groups -OCH3 is 2. The Kier molecular flexibility index (Phi) is 6.49. The molecular weight excluding hydrogens is 264 g/mol. The minimum absolute atomic E-state index is 0.335. The molecule has 0 aliphatic carbocycles. The molecule has 4 heteroatoms. The quantitative estimate of drug-likeness (QED) is 0.836. The van der Waals surface area contributed by atoms with Gasteiger partial charge >= 0.3 is 0 Å². The number of likely N-dealkylation sites (tertiary alicyclic amines) is 1. The number of nitrogens with one attached hydrogen (secondary N) is 1. The van der Waals surface area contributed by atoms with Crippen LogP contribution in [0.1, 0.15) is 24.4 Å². The Hall–Kier alpha value is -1.10. The molecule has 1 fully saturated rings. The molecule has 1 N–H and O–H groups in total. The first-order valence-electron chi connectivity index (χ1n) is 7.79. The summed E-state index contributed by atoms with van der Waals surface area (Å²) in [4.78, 5) is 2.55. The predicted octanol–water partition coefficient (Wildman–Crippen LogP) is 2.31. The predicted molar refractivity (Wildman–Crippen MR) is 85.8 cm³/mol. The summed E-state index contributed by atoms with van der Waals surface area (Å²) in [5, 5.41) is 3.44. The molecule has 0 spiro atoms. The van der Waals surface area contributed by atoms with Crippen LogP contribution in [0, 0.1) is 5.92 Å². The van der Waals surface area contributed by atoms with Crippen LogP contribution in [-0.2, 0) is 4.74 Å². The highest BCUT2D eigenvalue weighted by Gasteiger charge is 2.22. The first kappa shape index (κ1) is 16.3. The SMILES string of the molecule is CNC(CN1CCCC(COC)C1)c1cccc(OC)c1. The molecule has 0 aromatic heterocycles. The summed E-state index contributed by atoms with van der Waals surface area (Å²) in [5.74, 6) is 1.59. The minimum atomic E-state index is 0.335. The number of likely N-dealkylation sites (N-methyl/N-ethyl adjacent to an activating group) is 1. The van der Waals surface area contributed by atoms with E-state index in [9.17, 15) is 0 Å². The molecule has 118 valence electrons. The van der Waals surface area contributed by atoms with Gasteiger partial charge in [-0.25, -0.2) is 0 Å². The van der Waals surface area contributed by atoms with Crippen molar-refractivity contribution in [3.63, 3.8) is 0 Å². The van der Waals surface area contributed by atoms with E-state index < -0.39 is 0 Å². The van der Waals surface area contributed by atoms with Gasteiger partial charge in [-0.05, 0) is 50.0 Å². The fourth-order valence-corrected chi connectivity index (χ4v) is 3.17. The number of hydrogen-bond acceptors (Lipinski definition) is 4. The van der Waals surface area contributed by atoms with E-state index in [1.54, 1.807) is 14.2 Å². The van der Waals surface area contributed by atoms with Crippen molar-refractivity contribution >= 4 is 0 Å². The molecular formula is C17H28N2O2. The molecule has 21 heavy (non-hydrogen) atoms. The van der Waals surface area contributed by atoms with Crippen molar-refractivity contribution in [2.75, 3.05) is 47.5 Å². The van der Waals surface area contributed by atoms with Crippen molar-refractivity contribution in [3.05, 3.63) is 29.8 Å². The largest absolute Gasteiger partial charge is 0.497 e. The Morgan fingerprint density at radius 1 is 1.38 bits per heavy atom. The molecule has 0 amide bonds. The van der Waals surface area contributed by atoms with E-state index in [1.807, 2.05) is 13.1 Å². The van der Waals surface area contributed by atoms with Gasteiger partial charge in [0, 0.05) is 26.2 Å². The molecule has 0 saturated carbocycles. The smallest absolute Gasteiger partial charge is 0.119 e. The Labute approximate surface area is 128 Å². The average Bonchev–Trinajstić information content (AvgIpc) is 2.53. The first-order chi connectivity index (χ1) is 10.3. The third-order valence-corrected chi connectivity index (χ3v) is 4.29. The topological polar surface area (TPSA) is 33.7 Å². The van der Waals surface area contributed by atoms with Gasteiger partial charge in [0.15, 0.2) is 0 Å². The van der Waals surface area contributed by atoms with Gasteiger partial charge in [0.1, 0.15) is 5.75 Å². The number of hydrogen-bond donors (Lipinski definition) is 1. The fourth-order valence-electron chi connectivity index (χ4n) is 3.17. The first-order valence-corrected chi connectivity index (χ1v) is 7.79. The highest BCUT2D eigenvalue weighted by Crippen LogP contribution is 2.23. The van der Waals surface area contributed by atoms with Crippen LogP contribution in [0.15, 0.2) is 24.3 Å². The van der Waals surface area contributed by atoms with Gasteiger partial charge < -0.3 is 19.7 Å². The van der Waals surface area contributed by atoms with Gasteiger partial charge in [0.05, 0.1) is 13.7 Å². The number of ether oxygens (including phenoxy) is 2. The van der Waals surface area contributed by atoms with Crippen LogP contribution in [0.2, 0.25) is 0 Å². The van der Waals surface area contributed by atoms with E-state index in [4.69, 9.17) is 9.47 Å². The zero-order valence-corrected chi connectivity index (χ0v) is 13.5. The maximum Gasteiger partial charge on any atom is 0.119 e. The van der Waals surface area contributed by atoms with E-state index >= 15 is 0 Å². The van der Waals surface area contributed by atoms with E-state index in [0.717, 1.165) is 25.4 Å². The average molecular weight is 292 g/mol. The number of benzene rings is 1. The third kappa shape index (κ3) is 4.70. The van der Waals surface area contributed by atoms with Crippen molar-refractivity contribution < 1.29 is 9.47 Å². The Morgan fingerprint density at radius 3 is 2.95 bits per heavy atom. The van der Waals surface area contributed by atoms with Gasteiger partial charge in [-0.2, -0.15) is 0 Å². The van der Waals surface area contributed by atoms with Crippen LogP contribution in [0.5, 0.6) is 5.75 Å². The summed E-state index contributed by atoms with van der Waals surface area (Å²) in [5.41, 5.74) is 1.28. The van der Waals surface area contributed by atoms with Crippen molar-refractivity contribution in [1.29, 1.82) is 0 Å². The van der Waals surface area contributed by atoms with Crippen LogP contribution in [0.25, 0.3) is 0 Å². The molecule has 0 radical (unpaired) electrons. The lowest BCUT2D eigenvalue weighted by molar-refractivity contribution is 0.0861. The second-order valence-corrected chi connectivity index (χ2v) is 5.84. The number of rotatable bonds is 7. The molecule has 1 heterocycles. The monoisotopic (exact) mass is 292 g/mol. The van der Waals surface area contributed by atoms with E-state index in [2.05, 4.69) is 28.4 Å². The second kappa shape index (κ2) is 8.37. The minimum Gasteiger partial charge on any atom is -0.497 e. The fraction of sp³-hybridized carbons (Fsp3) is 0.647. The highest BCUT2D eigenvalue weighted by molar-refractivity contribution is 5.30. The zero-order valence-electron chi connectivity index (χ0n) is 13.5. The second-order valence-electron chi connectivity index (χ2n) is 5.84. The van der Waals surface area contributed by atoms with Gasteiger partial charge in [-0.1, -0.05) is 12.1 Å². The van der Waals surface area contributed by atoms with Crippen LogP contribution in [-0.4, -0.2) is 52.4 Å². The van der Waals surface area contributed by atoms with Crippen LogP contribution in [0.4, 0.5) is 0 Å². The zero-order chi connectivity index (χ0) is 15.1. The summed E-state index contributed by atoms with van der Waals surface area (Å²) in [7, 11) is 5.54. The van der Waals surface area contributed by atoms with Crippen LogP contribution >= 0.6 is 0 Å². The van der Waals surface area contributed by atoms with E-state index in [1.165, 1.54) is 24.9 Å². The van der Waals surface area contributed by atoms with Gasteiger partial charge in [0.2, 0.25) is 0 Å². The third-order valence-electron chi connectivity index (χ3n) is 4.29. The summed E-state index contributed by atoms with van der Waals surface area (Å²) in [6, 6.07) is 8.67. The molecule has 1 aromatic rings. The van der Waals surface area contributed by atoms with Crippen molar-refractivity contribution in [1.82, 2.24) is 10.2 Å². The summed E-state index contributed by atoms with van der Waals surface area (Å²) < 4.78 is 10.6. The van der Waals surface area contributed by atoms with Crippen molar-refractivity contribution in [2.45, 2.75) is 18.9 Å². The Bertz CT molecular complexity index is 423. The number of piperidine rings is 1. The van der Waals surface area contributed by atoms with Gasteiger partial charge in [-0.3, -0.25) is 0 Å². The summed E-state index contributed by atoms with van der Waals surface area (Å²) >= 11 is 0. The standard InChI is InChI=1S/C17H28N2O2/c1-18-17(15-7-4-8-16(10-15)21-3)12-19-9-5-6-14(11-19)13-20-2/h4,7-8,10,14,17-18H,5-6,9,11-13H2,1-3H3. The summed E-state index contributed by atoms with van der Waals surface area (Å²) in [6.45, 7) is 4.22. The molecule has 1 saturated heterocycles. The highest BCUT2D eigenvalue weighted by atomic mass is 16.5. The van der Waals surface area contributed by atoms with Crippen molar-refractivity contribution in [2.24, 2.45) is 5.92 Å². The molecule has 2 atom stereocenters. The van der Waals surface area contributed by atoms with Gasteiger partial charge in [0.25, 0.3) is 0 Å².